The Hall–Kier alpha value is -1.96. The van der Waals surface area contributed by atoms with E-state index < -0.39 is 10.0 Å². The number of carbonyl (C=O) groups excluding carboxylic acids is 1. The maximum absolute atomic E-state index is 11.9. The average molecular weight is 431 g/mol. The van der Waals surface area contributed by atoms with Crippen LogP contribution in [0.2, 0.25) is 10.0 Å². The smallest absolute Gasteiger partial charge is 0.258 e. The fraction of sp³-hybridized carbons (Fsp3) is 0.278. The van der Waals surface area contributed by atoms with Gasteiger partial charge in [0.05, 0.1) is 11.9 Å². The number of rotatable bonds is 8. The van der Waals surface area contributed by atoms with Gasteiger partial charge in [0.2, 0.25) is 10.0 Å². The number of anilines is 1. The predicted molar refractivity (Wildman–Crippen MR) is 108 cm³/mol. The molecule has 1 N–H and O–H groups in total. The van der Waals surface area contributed by atoms with E-state index in [4.69, 9.17) is 27.9 Å². The number of hydrogen-bond donors (Lipinski definition) is 1. The van der Waals surface area contributed by atoms with Crippen molar-refractivity contribution in [1.29, 1.82) is 0 Å². The molecule has 27 heavy (non-hydrogen) atoms. The zero-order chi connectivity index (χ0) is 20.0. The molecular weight excluding hydrogens is 411 g/mol. The molecule has 2 rings (SSSR count). The Kier molecular flexibility index (Phi) is 7.35. The van der Waals surface area contributed by atoms with Crippen LogP contribution < -0.4 is 14.4 Å². The Balaban J connectivity index is 1.88. The maximum atomic E-state index is 11.9. The number of benzene rings is 2. The maximum Gasteiger partial charge on any atom is 0.258 e. The molecule has 146 valence electrons. The first-order chi connectivity index (χ1) is 12.7. The topological polar surface area (TPSA) is 75.7 Å². The van der Waals surface area contributed by atoms with Crippen molar-refractivity contribution >= 4 is 44.8 Å². The fourth-order valence-corrected chi connectivity index (χ4v) is 3.82. The van der Waals surface area contributed by atoms with E-state index in [1.54, 1.807) is 49.4 Å². The molecule has 0 heterocycles. The second-order valence-electron chi connectivity index (χ2n) is 5.72. The SMILES string of the molecule is CCN(c1ccc(OCC(=O)NCc2ccc(Cl)cc2Cl)cc1)S(C)(=O)=O. The van der Waals surface area contributed by atoms with E-state index in [0.29, 0.717) is 28.0 Å². The second kappa shape index (κ2) is 9.30. The van der Waals surface area contributed by atoms with Crippen molar-refractivity contribution in [3.63, 3.8) is 0 Å². The molecule has 0 saturated heterocycles. The van der Waals surface area contributed by atoms with Gasteiger partial charge in [0.25, 0.3) is 5.91 Å². The summed E-state index contributed by atoms with van der Waals surface area (Å²) in [5, 5.41) is 3.71. The zero-order valence-corrected chi connectivity index (χ0v) is 17.2. The van der Waals surface area contributed by atoms with E-state index in [9.17, 15) is 13.2 Å². The van der Waals surface area contributed by atoms with Gasteiger partial charge in [0.15, 0.2) is 6.61 Å². The van der Waals surface area contributed by atoms with Crippen LogP contribution in [0.25, 0.3) is 0 Å². The Labute approximate surface area is 169 Å². The van der Waals surface area contributed by atoms with Crippen molar-refractivity contribution in [2.24, 2.45) is 0 Å². The number of ether oxygens (including phenoxy) is 1. The van der Waals surface area contributed by atoms with E-state index in [1.165, 1.54) is 4.31 Å². The van der Waals surface area contributed by atoms with Gasteiger partial charge < -0.3 is 10.1 Å². The molecule has 6 nitrogen and oxygen atoms in total. The first-order valence-electron chi connectivity index (χ1n) is 8.12. The van der Waals surface area contributed by atoms with Crippen molar-refractivity contribution in [3.8, 4) is 5.75 Å². The van der Waals surface area contributed by atoms with Crippen LogP contribution in [0.15, 0.2) is 42.5 Å². The third kappa shape index (κ3) is 6.30. The number of halogens is 2. The predicted octanol–water partition coefficient (Wildman–Crippen LogP) is 3.47. The van der Waals surface area contributed by atoms with Crippen molar-refractivity contribution < 1.29 is 17.9 Å². The van der Waals surface area contributed by atoms with Gasteiger partial charge in [-0.2, -0.15) is 0 Å². The van der Waals surface area contributed by atoms with Gasteiger partial charge in [-0.05, 0) is 48.9 Å². The quantitative estimate of drug-likeness (QED) is 0.695. The lowest BCUT2D eigenvalue weighted by Crippen LogP contribution is -2.29. The molecule has 2 aromatic rings. The van der Waals surface area contributed by atoms with Crippen LogP contribution in [-0.2, 0) is 21.4 Å². The molecule has 0 bridgehead atoms. The molecule has 0 aliphatic heterocycles. The van der Waals surface area contributed by atoms with E-state index in [-0.39, 0.29) is 19.1 Å². The van der Waals surface area contributed by atoms with Crippen molar-refractivity contribution in [2.75, 3.05) is 23.7 Å². The van der Waals surface area contributed by atoms with Gasteiger partial charge in [-0.3, -0.25) is 9.10 Å². The number of nitrogens with zero attached hydrogens (tertiary/aromatic N) is 1. The van der Waals surface area contributed by atoms with Gasteiger partial charge in [-0.25, -0.2) is 8.42 Å². The fourth-order valence-electron chi connectivity index (χ4n) is 2.38. The highest BCUT2D eigenvalue weighted by molar-refractivity contribution is 7.92. The standard InChI is InChI=1S/C18H20Cl2N2O4S/c1-3-22(27(2,24)25)15-6-8-16(9-7-15)26-12-18(23)21-11-13-4-5-14(19)10-17(13)20/h4-10H,3,11-12H2,1-2H3,(H,21,23). The Bertz CT molecular complexity index is 902. The summed E-state index contributed by atoms with van der Waals surface area (Å²) in [6.07, 6.45) is 1.15. The summed E-state index contributed by atoms with van der Waals surface area (Å²) < 4.78 is 30.1. The molecule has 0 unspecified atom stereocenters. The third-order valence-corrected chi connectivity index (χ3v) is 5.53. The monoisotopic (exact) mass is 430 g/mol. The number of sulfonamides is 1. The molecule has 9 heteroatoms. The summed E-state index contributed by atoms with van der Waals surface area (Å²) in [5.74, 6) is 0.152. The first-order valence-corrected chi connectivity index (χ1v) is 10.7. The molecule has 0 aromatic heterocycles. The lowest BCUT2D eigenvalue weighted by Gasteiger charge is -2.20. The summed E-state index contributed by atoms with van der Waals surface area (Å²) in [4.78, 5) is 11.9. The lowest BCUT2D eigenvalue weighted by molar-refractivity contribution is -0.123. The minimum absolute atomic E-state index is 0.172. The van der Waals surface area contributed by atoms with Crippen LogP contribution in [-0.4, -0.2) is 33.7 Å². The van der Waals surface area contributed by atoms with Crippen LogP contribution >= 0.6 is 23.2 Å². The summed E-state index contributed by atoms with van der Waals surface area (Å²) in [6.45, 7) is 2.17. The molecule has 1 amide bonds. The highest BCUT2D eigenvalue weighted by atomic mass is 35.5. The summed E-state index contributed by atoms with van der Waals surface area (Å²) in [5.41, 5.74) is 1.29. The van der Waals surface area contributed by atoms with Crippen LogP contribution in [0.5, 0.6) is 5.75 Å². The Morgan fingerprint density at radius 1 is 1.15 bits per heavy atom. The van der Waals surface area contributed by atoms with Crippen molar-refractivity contribution in [1.82, 2.24) is 5.32 Å². The highest BCUT2D eigenvalue weighted by Gasteiger charge is 2.15. The minimum atomic E-state index is -3.34. The minimum Gasteiger partial charge on any atom is -0.484 e. The van der Waals surface area contributed by atoms with Gasteiger partial charge in [0.1, 0.15) is 5.75 Å². The van der Waals surface area contributed by atoms with E-state index in [0.717, 1.165) is 11.8 Å². The summed E-state index contributed by atoms with van der Waals surface area (Å²) in [7, 11) is -3.34. The van der Waals surface area contributed by atoms with Gasteiger partial charge in [-0.15, -0.1) is 0 Å². The van der Waals surface area contributed by atoms with E-state index >= 15 is 0 Å². The van der Waals surface area contributed by atoms with Crippen molar-refractivity contribution in [3.05, 3.63) is 58.1 Å². The highest BCUT2D eigenvalue weighted by Crippen LogP contribution is 2.22. The Morgan fingerprint density at radius 2 is 1.81 bits per heavy atom. The van der Waals surface area contributed by atoms with Crippen LogP contribution in [0.4, 0.5) is 5.69 Å². The number of nitrogens with one attached hydrogen (secondary N) is 1. The third-order valence-electron chi connectivity index (χ3n) is 3.67. The molecular formula is C18H20Cl2N2O4S. The summed E-state index contributed by atoms with van der Waals surface area (Å²) in [6, 6.07) is 11.5. The van der Waals surface area contributed by atoms with Gasteiger partial charge in [0, 0.05) is 23.1 Å². The van der Waals surface area contributed by atoms with Gasteiger partial charge >= 0.3 is 0 Å². The number of amides is 1. The van der Waals surface area contributed by atoms with E-state index in [1.807, 2.05) is 0 Å². The molecule has 0 atom stereocenters. The molecule has 0 fully saturated rings. The van der Waals surface area contributed by atoms with E-state index in [2.05, 4.69) is 5.32 Å². The lowest BCUT2D eigenvalue weighted by atomic mass is 10.2. The number of carbonyl (C=O) groups is 1. The van der Waals surface area contributed by atoms with Crippen LogP contribution in [0.3, 0.4) is 0 Å². The van der Waals surface area contributed by atoms with Crippen LogP contribution in [0.1, 0.15) is 12.5 Å². The van der Waals surface area contributed by atoms with Gasteiger partial charge in [-0.1, -0.05) is 29.3 Å². The molecule has 0 spiro atoms. The second-order valence-corrected chi connectivity index (χ2v) is 8.47. The zero-order valence-electron chi connectivity index (χ0n) is 14.9. The molecule has 0 radical (unpaired) electrons. The average Bonchev–Trinajstić information content (AvgIpc) is 2.59. The number of hydrogen-bond acceptors (Lipinski definition) is 4. The van der Waals surface area contributed by atoms with Crippen molar-refractivity contribution in [2.45, 2.75) is 13.5 Å². The first kappa shape index (κ1) is 21.3. The van der Waals surface area contributed by atoms with Crippen LogP contribution in [0, 0.1) is 0 Å². The molecule has 0 aliphatic carbocycles. The normalized spacial score (nSPS) is 11.1. The molecule has 0 aliphatic rings. The summed E-state index contributed by atoms with van der Waals surface area (Å²) >= 11 is 11.9. The molecule has 0 saturated carbocycles. The Morgan fingerprint density at radius 3 is 2.37 bits per heavy atom. The molecule has 2 aromatic carbocycles. The largest absolute Gasteiger partial charge is 0.484 e.